The minimum Gasteiger partial charge on any atom is -0.355 e. The highest BCUT2D eigenvalue weighted by atomic mass is 16.2. The van der Waals surface area contributed by atoms with Gasteiger partial charge in [-0.15, -0.1) is 5.10 Å². The molecular formula is C19H26N6O. The Kier molecular flexibility index (Phi) is 4.38. The van der Waals surface area contributed by atoms with Crippen molar-refractivity contribution in [2.75, 3.05) is 25.0 Å². The van der Waals surface area contributed by atoms with Crippen LogP contribution in [0.4, 0.5) is 5.82 Å². The van der Waals surface area contributed by atoms with Gasteiger partial charge in [0.25, 0.3) is 0 Å². The molecule has 7 nitrogen and oxygen atoms in total. The lowest BCUT2D eigenvalue weighted by molar-refractivity contribution is -0.131. The molecule has 2 aromatic rings. The smallest absolute Gasteiger partial charge is 0.244 e. The van der Waals surface area contributed by atoms with E-state index in [0.29, 0.717) is 24.4 Å². The zero-order valence-corrected chi connectivity index (χ0v) is 15.7. The number of amides is 1. The second kappa shape index (κ2) is 6.70. The lowest BCUT2D eigenvalue weighted by Crippen LogP contribution is -2.39. The largest absolute Gasteiger partial charge is 0.355 e. The Morgan fingerprint density at radius 2 is 2.15 bits per heavy atom. The lowest BCUT2D eigenvalue weighted by atomic mass is 9.97. The summed E-state index contributed by atoms with van der Waals surface area (Å²) in [6.07, 6.45) is 4.02. The van der Waals surface area contributed by atoms with Gasteiger partial charge in [0.2, 0.25) is 5.91 Å². The summed E-state index contributed by atoms with van der Waals surface area (Å²) in [4.78, 5) is 17.1. The van der Waals surface area contributed by atoms with Crippen molar-refractivity contribution in [1.29, 1.82) is 0 Å². The zero-order valence-electron chi connectivity index (χ0n) is 15.7. The number of aromatic nitrogens is 4. The van der Waals surface area contributed by atoms with E-state index >= 15 is 0 Å². The molecule has 0 radical (unpaired) electrons. The van der Waals surface area contributed by atoms with Crippen LogP contribution in [0.15, 0.2) is 24.4 Å². The van der Waals surface area contributed by atoms with Crippen molar-refractivity contribution in [3.05, 3.63) is 35.8 Å². The summed E-state index contributed by atoms with van der Waals surface area (Å²) in [7, 11) is 2.09. The second-order valence-electron chi connectivity index (χ2n) is 7.64. The SMILES string of the molecule is Cc1cc(C)n(CC(=O)N2C[C@H]3CC[C@@H](N(C)c4cccnn4)[C@H]3C2)n1. The molecule has 1 saturated carbocycles. The number of carbonyl (C=O) groups is 1. The Bertz CT molecular complexity index is 789. The highest BCUT2D eigenvalue weighted by Crippen LogP contribution is 2.41. The molecule has 0 aromatic carbocycles. The quantitative estimate of drug-likeness (QED) is 0.835. The van der Waals surface area contributed by atoms with E-state index < -0.39 is 0 Å². The first-order chi connectivity index (χ1) is 12.5. The number of aryl methyl sites for hydroxylation is 2. The second-order valence-corrected chi connectivity index (χ2v) is 7.64. The molecule has 1 aliphatic heterocycles. The average molecular weight is 354 g/mol. The summed E-state index contributed by atoms with van der Waals surface area (Å²) >= 11 is 0. The van der Waals surface area contributed by atoms with Crippen LogP contribution in [0.3, 0.4) is 0 Å². The van der Waals surface area contributed by atoms with Gasteiger partial charge in [-0.3, -0.25) is 9.48 Å². The molecule has 3 atom stereocenters. The van der Waals surface area contributed by atoms with E-state index in [4.69, 9.17) is 0 Å². The number of carbonyl (C=O) groups excluding carboxylic acids is 1. The van der Waals surface area contributed by atoms with Crippen LogP contribution in [0.1, 0.15) is 24.2 Å². The van der Waals surface area contributed by atoms with Gasteiger partial charge in [0.05, 0.1) is 5.69 Å². The number of nitrogens with zero attached hydrogens (tertiary/aromatic N) is 6. The van der Waals surface area contributed by atoms with E-state index in [1.807, 2.05) is 41.6 Å². The van der Waals surface area contributed by atoms with Crippen LogP contribution >= 0.6 is 0 Å². The molecule has 138 valence electrons. The summed E-state index contributed by atoms with van der Waals surface area (Å²) in [6, 6.07) is 6.35. The van der Waals surface area contributed by atoms with Crippen LogP contribution < -0.4 is 4.90 Å². The molecule has 0 bridgehead atoms. The average Bonchev–Trinajstić information content (AvgIpc) is 3.29. The summed E-state index contributed by atoms with van der Waals surface area (Å²) in [5.74, 6) is 2.17. The van der Waals surface area contributed by atoms with Crippen LogP contribution in [0.5, 0.6) is 0 Å². The Morgan fingerprint density at radius 1 is 1.31 bits per heavy atom. The molecule has 1 amide bonds. The first-order valence-electron chi connectivity index (χ1n) is 9.32. The number of likely N-dealkylation sites (tertiary alicyclic amines) is 1. The fourth-order valence-corrected chi connectivity index (χ4v) is 4.64. The molecular weight excluding hydrogens is 328 g/mol. The third kappa shape index (κ3) is 3.06. The first-order valence-corrected chi connectivity index (χ1v) is 9.32. The summed E-state index contributed by atoms with van der Waals surface area (Å²) in [5, 5.41) is 12.7. The third-order valence-electron chi connectivity index (χ3n) is 5.98. The molecule has 1 saturated heterocycles. The van der Waals surface area contributed by atoms with E-state index in [-0.39, 0.29) is 5.91 Å². The molecule has 3 heterocycles. The fourth-order valence-electron chi connectivity index (χ4n) is 4.64. The predicted octanol–water partition coefficient (Wildman–Crippen LogP) is 1.66. The standard InChI is InChI=1S/C19H26N6O/c1-13-9-14(2)25(22-13)12-19(26)24-10-15-6-7-17(16(15)11-24)23(3)18-5-4-8-20-21-18/h4-5,8-9,15-17H,6-7,10-12H2,1-3H3/t15-,16+,17-/m1/s1. The van der Waals surface area contributed by atoms with E-state index in [1.54, 1.807) is 6.20 Å². The summed E-state index contributed by atoms with van der Waals surface area (Å²) in [5.41, 5.74) is 2.00. The maximum Gasteiger partial charge on any atom is 0.244 e. The van der Waals surface area contributed by atoms with Gasteiger partial charge in [0.15, 0.2) is 5.82 Å². The zero-order chi connectivity index (χ0) is 18.3. The summed E-state index contributed by atoms with van der Waals surface area (Å²) in [6.45, 7) is 5.99. The van der Waals surface area contributed by atoms with E-state index in [2.05, 4.69) is 27.2 Å². The van der Waals surface area contributed by atoms with Crippen LogP contribution in [-0.2, 0) is 11.3 Å². The van der Waals surface area contributed by atoms with Gasteiger partial charge in [-0.25, -0.2) is 0 Å². The Morgan fingerprint density at radius 3 is 2.85 bits per heavy atom. The monoisotopic (exact) mass is 354 g/mol. The Balaban J connectivity index is 1.42. The lowest BCUT2D eigenvalue weighted by Gasteiger charge is -2.30. The molecule has 0 N–H and O–H groups in total. The molecule has 1 aliphatic carbocycles. The van der Waals surface area contributed by atoms with Gasteiger partial charge >= 0.3 is 0 Å². The highest BCUT2D eigenvalue weighted by Gasteiger charge is 2.45. The number of fused-ring (bicyclic) bond motifs is 1. The maximum atomic E-state index is 12.8. The van der Waals surface area contributed by atoms with E-state index in [0.717, 1.165) is 36.7 Å². The minimum atomic E-state index is 0.173. The topological polar surface area (TPSA) is 67.2 Å². The van der Waals surface area contributed by atoms with Gasteiger partial charge in [0.1, 0.15) is 6.54 Å². The molecule has 7 heteroatoms. The normalized spacial score (nSPS) is 24.7. The van der Waals surface area contributed by atoms with Crippen molar-refractivity contribution in [3.63, 3.8) is 0 Å². The molecule has 2 fully saturated rings. The number of anilines is 1. The molecule has 2 aliphatic rings. The van der Waals surface area contributed by atoms with Gasteiger partial charge in [-0.05, 0) is 50.8 Å². The summed E-state index contributed by atoms with van der Waals surface area (Å²) < 4.78 is 1.81. The van der Waals surface area contributed by atoms with Crippen LogP contribution in [-0.4, -0.2) is 57.0 Å². The molecule has 0 spiro atoms. The van der Waals surface area contributed by atoms with Crippen molar-refractivity contribution in [3.8, 4) is 0 Å². The predicted molar refractivity (Wildman–Crippen MR) is 98.7 cm³/mol. The Hall–Kier alpha value is -2.44. The van der Waals surface area contributed by atoms with Gasteiger partial charge in [-0.2, -0.15) is 10.2 Å². The molecule has 2 aromatic heterocycles. The third-order valence-corrected chi connectivity index (χ3v) is 5.98. The van der Waals surface area contributed by atoms with Crippen LogP contribution in [0, 0.1) is 25.7 Å². The van der Waals surface area contributed by atoms with E-state index in [9.17, 15) is 4.79 Å². The van der Waals surface area contributed by atoms with E-state index in [1.165, 1.54) is 6.42 Å². The molecule has 4 rings (SSSR count). The van der Waals surface area contributed by atoms with Crippen molar-refractivity contribution < 1.29 is 4.79 Å². The van der Waals surface area contributed by atoms with Gasteiger partial charge < -0.3 is 9.80 Å². The first kappa shape index (κ1) is 17.0. The molecule has 0 unspecified atom stereocenters. The number of hydrogen-bond donors (Lipinski definition) is 0. The maximum absolute atomic E-state index is 12.8. The highest BCUT2D eigenvalue weighted by molar-refractivity contribution is 5.76. The van der Waals surface area contributed by atoms with Crippen molar-refractivity contribution >= 4 is 11.7 Å². The van der Waals surface area contributed by atoms with Crippen LogP contribution in [0.2, 0.25) is 0 Å². The fraction of sp³-hybridized carbons (Fsp3) is 0.579. The van der Waals surface area contributed by atoms with Gasteiger partial charge in [-0.1, -0.05) is 0 Å². The minimum absolute atomic E-state index is 0.173. The van der Waals surface area contributed by atoms with Crippen molar-refractivity contribution in [2.24, 2.45) is 11.8 Å². The molecule has 26 heavy (non-hydrogen) atoms. The number of hydrogen-bond acceptors (Lipinski definition) is 5. The number of rotatable bonds is 4. The van der Waals surface area contributed by atoms with Gasteiger partial charge in [0, 0.05) is 44.0 Å². The van der Waals surface area contributed by atoms with Crippen LogP contribution in [0.25, 0.3) is 0 Å². The Labute approximate surface area is 154 Å². The van der Waals surface area contributed by atoms with Crippen molar-refractivity contribution in [2.45, 2.75) is 39.3 Å². The van der Waals surface area contributed by atoms with Crippen molar-refractivity contribution in [1.82, 2.24) is 24.9 Å².